The number of hydrogen-bond acceptors (Lipinski definition) is 2. The molecule has 0 aliphatic heterocycles. The van der Waals surface area contributed by atoms with Crippen LogP contribution in [-0.4, -0.2) is 30.6 Å². The summed E-state index contributed by atoms with van der Waals surface area (Å²) in [4.78, 5) is 2.57. The molecule has 3 atom stereocenters. The first-order chi connectivity index (χ1) is 9.65. The van der Waals surface area contributed by atoms with E-state index in [0.29, 0.717) is 18.1 Å². The largest absolute Gasteiger partial charge is 0.309 e. The van der Waals surface area contributed by atoms with Crippen LogP contribution in [0.25, 0.3) is 0 Å². The Labute approximate surface area is 124 Å². The van der Waals surface area contributed by atoms with Gasteiger partial charge in [-0.15, -0.1) is 0 Å². The molecule has 1 aliphatic carbocycles. The van der Waals surface area contributed by atoms with Gasteiger partial charge in [0.2, 0.25) is 0 Å². The number of benzene rings is 1. The van der Waals surface area contributed by atoms with Crippen LogP contribution in [0.3, 0.4) is 0 Å². The summed E-state index contributed by atoms with van der Waals surface area (Å²) in [6.07, 6.45) is 4.01. The van der Waals surface area contributed by atoms with Crippen molar-refractivity contribution in [3.8, 4) is 0 Å². The van der Waals surface area contributed by atoms with Gasteiger partial charge in [-0.25, -0.2) is 0 Å². The van der Waals surface area contributed by atoms with Gasteiger partial charge in [0.15, 0.2) is 0 Å². The highest BCUT2D eigenvalue weighted by atomic mass is 15.2. The maximum atomic E-state index is 3.74. The summed E-state index contributed by atoms with van der Waals surface area (Å²) >= 11 is 0. The number of nitrogens with one attached hydrogen (secondary N) is 1. The Morgan fingerprint density at radius 2 is 1.85 bits per heavy atom. The zero-order valence-electron chi connectivity index (χ0n) is 13.5. The third kappa shape index (κ3) is 3.83. The van der Waals surface area contributed by atoms with Crippen LogP contribution in [-0.2, 0) is 0 Å². The average Bonchev–Trinajstić information content (AvgIpc) is 3.31. The molecule has 3 unspecified atom stereocenters. The van der Waals surface area contributed by atoms with Gasteiger partial charge in [0.05, 0.1) is 0 Å². The van der Waals surface area contributed by atoms with Crippen LogP contribution in [0.2, 0.25) is 0 Å². The molecule has 0 spiro atoms. The van der Waals surface area contributed by atoms with Crippen LogP contribution in [0.1, 0.15) is 51.6 Å². The van der Waals surface area contributed by atoms with Crippen LogP contribution in [0, 0.1) is 5.92 Å². The molecule has 1 aliphatic rings. The molecule has 1 saturated carbocycles. The van der Waals surface area contributed by atoms with Crippen LogP contribution < -0.4 is 5.32 Å². The number of nitrogens with zero attached hydrogens (tertiary/aromatic N) is 1. The molecule has 0 bridgehead atoms. The molecule has 1 aromatic carbocycles. The Morgan fingerprint density at radius 3 is 2.40 bits per heavy atom. The molecule has 1 aromatic rings. The van der Waals surface area contributed by atoms with E-state index in [4.69, 9.17) is 0 Å². The zero-order chi connectivity index (χ0) is 14.5. The second kappa shape index (κ2) is 7.24. The Morgan fingerprint density at radius 1 is 1.20 bits per heavy atom. The van der Waals surface area contributed by atoms with E-state index >= 15 is 0 Å². The molecule has 1 fully saturated rings. The molecule has 2 heteroatoms. The van der Waals surface area contributed by atoms with Gasteiger partial charge in [-0.3, -0.25) is 4.90 Å². The summed E-state index contributed by atoms with van der Waals surface area (Å²) in [6.45, 7) is 8.06. The molecule has 0 amide bonds. The van der Waals surface area contributed by atoms with Gasteiger partial charge >= 0.3 is 0 Å². The Balaban J connectivity index is 2.08. The second-order valence-electron chi connectivity index (χ2n) is 6.33. The van der Waals surface area contributed by atoms with Gasteiger partial charge in [-0.05, 0) is 58.2 Å². The maximum Gasteiger partial charge on any atom is 0.0475 e. The Hall–Kier alpha value is -0.860. The van der Waals surface area contributed by atoms with Crippen molar-refractivity contribution in [2.45, 2.75) is 58.2 Å². The number of rotatable bonds is 8. The normalized spacial score (nSPS) is 19.9. The van der Waals surface area contributed by atoms with Gasteiger partial charge < -0.3 is 5.32 Å². The van der Waals surface area contributed by atoms with E-state index < -0.39 is 0 Å². The average molecular weight is 274 g/mol. The topological polar surface area (TPSA) is 15.3 Å². The minimum absolute atomic E-state index is 0.419. The fourth-order valence-corrected chi connectivity index (χ4v) is 3.04. The Kier molecular flexibility index (Phi) is 5.62. The molecule has 0 aromatic heterocycles. The van der Waals surface area contributed by atoms with Crippen molar-refractivity contribution in [3.63, 3.8) is 0 Å². The van der Waals surface area contributed by atoms with E-state index in [-0.39, 0.29) is 0 Å². The van der Waals surface area contributed by atoms with Crippen molar-refractivity contribution < 1.29 is 0 Å². The molecule has 2 nitrogen and oxygen atoms in total. The van der Waals surface area contributed by atoms with Gasteiger partial charge in [-0.1, -0.05) is 37.3 Å². The molecule has 20 heavy (non-hydrogen) atoms. The van der Waals surface area contributed by atoms with Gasteiger partial charge in [0, 0.05) is 18.1 Å². The number of hydrogen-bond donors (Lipinski definition) is 1. The SMILES string of the molecule is CCCNC(c1ccccc1)C(C)N(C)C(C)C1CC1. The van der Waals surface area contributed by atoms with E-state index in [9.17, 15) is 0 Å². The van der Waals surface area contributed by atoms with Crippen molar-refractivity contribution in [2.24, 2.45) is 5.92 Å². The molecule has 0 radical (unpaired) electrons. The third-order valence-electron chi connectivity index (χ3n) is 4.84. The minimum atomic E-state index is 0.419. The molecular formula is C18H30N2. The Bertz CT molecular complexity index is 386. The maximum absolute atomic E-state index is 3.74. The van der Waals surface area contributed by atoms with Crippen molar-refractivity contribution in [1.29, 1.82) is 0 Å². The predicted molar refractivity (Wildman–Crippen MR) is 86.9 cm³/mol. The molecule has 2 rings (SSSR count). The summed E-state index contributed by atoms with van der Waals surface area (Å²) < 4.78 is 0. The molecule has 112 valence electrons. The van der Waals surface area contributed by atoms with Crippen molar-refractivity contribution >= 4 is 0 Å². The number of likely N-dealkylation sites (N-methyl/N-ethyl adjacent to an activating group) is 1. The van der Waals surface area contributed by atoms with E-state index in [1.165, 1.54) is 24.8 Å². The van der Waals surface area contributed by atoms with E-state index in [2.05, 4.69) is 68.4 Å². The second-order valence-corrected chi connectivity index (χ2v) is 6.33. The summed E-state index contributed by atoms with van der Waals surface area (Å²) in [6, 6.07) is 12.5. The first-order valence-corrected chi connectivity index (χ1v) is 8.15. The lowest BCUT2D eigenvalue weighted by Crippen LogP contribution is -2.45. The van der Waals surface area contributed by atoms with Crippen LogP contribution >= 0.6 is 0 Å². The highest BCUT2D eigenvalue weighted by Gasteiger charge is 2.34. The van der Waals surface area contributed by atoms with Gasteiger partial charge in [0.25, 0.3) is 0 Å². The van der Waals surface area contributed by atoms with Gasteiger partial charge in [-0.2, -0.15) is 0 Å². The minimum Gasteiger partial charge on any atom is -0.309 e. The van der Waals surface area contributed by atoms with Crippen molar-refractivity contribution in [3.05, 3.63) is 35.9 Å². The lowest BCUT2D eigenvalue weighted by atomic mass is 9.97. The summed E-state index contributed by atoms with van der Waals surface area (Å²) in [7, 11) is 2.29. The first kappa shape index (κ1) is 15.5. The standard InChI is InChI=1S/C18H30N2/c1-5-13-19-18(17-9-7-6-8-10-17)15(3)20(4)14(2)16-11-12-16/h6-10,14-16,18-19H,5,11-13H2,1-4H3. The molecule has 0 heterocycles. The van der Waals surface area contributed by atoms with Gasteiger partial charge in [0.1, 0.15) is 0 Å². The summed E-state index contributed by atoms with van der Waals surface area (Å²) in [5.74, 6) is 0.921. The van der Waals surface area contributed by atoms with E-state index in [1.54, 1.807) is 0 Å². The quantitative estimate of drug-likeness (QED) is 0.774. The zero-order valence-corrected chi connectivity index (χ0v) is 13.5. The highest BCUT2D eigenvalue weighted by Crippen LogP contribution is 2.36. The molecule has 1 N–H and O–H groups in total. The molecular weight excluding hydrogens is 244 g/mol. The fraction of sp³-hybridized carbons (Fsp3) is 0.667. The molecule has 0 saturated heterocycles. The van der Waals surface area contributed by atoms with E-state index in [0.717, 1.165) is 12.5 Å². The predicted octanol–water partition coefficient (Wildman–Crippen LogP) is 3.85. The lowest BCUT2D eigenvalue weighted by Gasteiger charge is -2.37. The monoisotopic (exact) mass is 274 g/mol. The van der Waals surface area contributed by atoms with Crippen molar-refractivity contribution in [2.75, 3.05) is 13.6 Å². The van der Waals surface area contributed by atoms with Crippen LogP contribution in [0.15, 0.2) is 30.3 Å². The fourth-order valence-electron chi connectivity index (χ4n) is 3.04. The summed E-state index contributed by atoms with van der Waals surface area (Å²) in [5, 5.41) is 3.74. The first-order valence-electron chi connectivity index (χ1n) is 8.15. The lowest BCUT2D eigenvalue weighted by molar-refractivity contribution is 0.144. The van der Waals surface area contributed by atoms with E-state index in [1.807, 2.05) is 0 Å². The van der Waals surface area contributed by atoms with Crippen LogP contribution in [0.5, 0.6) is 0 Å². The summed E-state index contributed by atoms with van der Waals surface area (Å²) in [5.41, 5.74) is 1.41. The van der Waals surface area contributed by atoms with Crippen LogP contribution in [0.4, 0.5) is 0 Å². The van der Waals surface area contributed by atoms with Crippen molar-refractivity contribution in [1.82, 2.24) is 10.2 Å². The third-order valence-corrected chi connectivity index (χ3v) is 4.84. The highest BCUT2D eigenvalue weighted by molar-refractivity contribution is 5.20. The smallest absolute Gasteiger partial charge is 0.0475 e.